The van der Waals surface area contributed by atoms with Gasteiger partial charge in [-0.3, -0.25) is 9.59 Å². The third-order valence-corrected chi connectivity index (χ3v) is 3.31. The summed E-state index contributed by atoms with van der Waals surface area (Å²) in [5, 5.41) is 2.76. The average molecular weight is 297 g/mol. The fourth-order valence-electron chi connectivity index (χ4n) is 1.88. The zero-order chi connectivity index (χ0) is 13.5. The van der Waals surface area contributed by atoms with Crippen LogP contribution in [0.3, 0.4) is 0 Å². The highest BCUT2D eigenvalue weighted by atomic mass is 35.5. The van der Waals surface area contributed by atoms with Gasteiger partial charge in [-0.25, -0.2) is 0 Å². The number of hydrogen-bond acceptors (Lipinski definition) is 3. The molecule has 0 radical (unpaired) electrons. The van der Waals surface area contributed by atoms with Crippen molar-refractivity contribution in [2.24, 2.45) is 0 Å². The highest BCUT2D eigenvalue weighted by Gasteiger charge is 2.24. The molecular formula is C11H18Cl2N2O3. The zero-order valence-electron chi connectivity index (χ0n) is 10.3. The molecule has 0 aromatic carbocycles. The monoisotopic (exact) mass is 296 g/mol. The molecule has 104 valence electrons. The van der Waals surface area contributed by atoms with Crippen molar-refractivity contribution in [1.29, 1.82) is 0 Å². The van der Waals surface area contributed by atoms with E-state index >= 15 is 0 Å². The summed E-state index contributed by atoms with van der Waals surface area (Å²) in [6, 6.07) is 0.0453. The molecule has 0 aromatic heterocycles. The van der Waals surface area contributed by atoms with Gasteiger partial charge in [0.15, 0.2) is 4.84 Å². The van der Waals surface area contributed by atoms with Crippen LogP contribution in [-0.4, -0.2) is 54.4 Å². The normalized spacial score (nSPS) is 17.0. The third-order valence-electron chi connectivity index (χ3n) is 2.91. The summed E-state index contributed by atoms with van der Waals surface area (Å²) in [6.45, 7) is 1.72. The van der Waals surface area contributed by atoms with Crippen LogP contribution in [0, 0.1) is 0 Å². The van der Waals surface area contributed by atoms with Crippen LogP contribution in [0.25, 0.3) is 0 Å². The highest BCUT2D eigenvalue weighted by Crippen LogP contribution is 2.12. The van der Waals surface area contributed by atoms with Crippen molar-refractivity contribution < 1.29 is 14.3 Å². The van der Waals surface area contributed by atoms with Gasteiger partial charge in [0.05, 0.1) is 13.0 Å². The Hall–Kier alpha value is -0.520. The molecule has 1 rings (SSSR count). The molecule has 1 heterocycles. The van der Waals surface area contributed by atoms with Crippen LogP contribution in [0.15, 0.2) is 0 Å². The van der Waals surface area contributed by atoms with Gasteiger partial charge in [-0.1, -0.05) is 23.2 Å². The van der Waals surface area contributed by atoms with Gasteiger partial charge in [-0.2, -0.15) is 0 Å². The van der Waals surface area contributed by atoms with E-state index in [1.54, 1.807) is 12.0 Å². The number of ether oxygens (including phenoxy) is 1. The standard InChI is InChI=1S/C11H18Cl2N2O3/c1-18-7-4-9(16)15-5-2-8(3-6-15)14-11(17)10(12)13/h8,10H,2-7H2,1H3,(H,14,17). The van der Waals surface area contributed by atoms with E-state index < -0.39 is 4.84 Å². The van der Waals surface area contributed by atoms with E-state index in [2.05, 4.69) is 5.32 Å². The predicted octanol–water partition coefficient (Wildman–Crippen LogP) is 0.934. The van der Waals surface area contributed by atoms with Crippen molar-refractivity contribution in [2.45, 2.75) is 30.1 Å². The number of halogens is 2. The molecule has 1 saturated heterocycles. The van der Waals surface area contributed by atoms with Crippen LogP contribution in [-0.2, 0) is 14.3 Å². The Balaban J connectivity index is 2.28. The van der Waals surface area contributed by atoms with E-state index in [1.165, 1.54) is 0 Å². The first-order chi connectivity index (χ1) is 8.54. The first-order valence-corrected chi connectivity index (χ1v) is 6.77. The quantitative estimate of drug-likeness (QED) is 0.768. The lowest BCUT2D eigenvalue weighted by Gasteiger charge is -2.32. The molecule has 2 amide bonds. The first-order valence-electron chi connectivity index (χ1n) is 5.90. The SMILES string of the molecule is COCCC(=O)N1CCC(NC(=O)C(Cl)Cl)CC1. The maximum Gasteiger partial charge on any atom is 0.253 e. The molecular weight excluding hydrogens is 279 g/mol. The van der Waals surface area contributed by atoms with Crippen LogP contribution < -0.4 is 5.32 Å². The Morgan fingerprint density at radius 1 is 1.39 bits per heavy atom. The molecule has 5 nitrogen and oxygen atoms in total. The predicted molar refractivity (Wildman–Crippen MR) is 69.7 cm³/mol. The van der Waals surface area contributed by atoms with Gasteiger partial charge in [-0.15, -0.1) is 0 Å². The van der Waals surface area contributed by atoms with Crippen molar-refractivity contribution in [2.75, 3.05) is 26.8 Å². The minimum atomic E-state index is -1.04. The molecule has 0 spiro atoms. The Morgan fingerprint density at radius 3 is 2.50 bits per heavy atom. The number of methoxy groups -OCH3 is 1. The number of alkyl halides is 2. The number of likely N-dealkylation sites (tertiary alicyclic amines) is 1. The van der Waals surface area contributed by atoms with E-state index in [9.17, 15) is 9.59 Å². The summed E-state index contributed by atoms with van der Waals surface area (Å²) in [5.41, 5.74) is 0. The largest absolute Gasteiger partial charge is 0.384 e. The van der Waals surface area contributed by atoms with Crippen molar-refractivity contribution in [3.63, 3.8) is 0 Å². The van der Waals surface area contributed by atoms with E-state index in [4.69, 9.17) is 27.9 Å². The summed E-state index contributed by atoms with van der Waals surface area (Å²) in [4.78, 5) is 23.8. The number of carbonyl (C=O) groups excluding carboxylic acids is 2. The van der Waals surface area contributed by atoms with Crippen LogP contribution in [0.2, 0.25) is 0 Å². The Morgan fingerprint density at radius 2 is 2.00 bits per heavy atom. The maximum atomic E-state index is 11.7. The number of nitrogens with one attached hydrogen (secondary N) is 1. The maximum absolute atomic E-state index is 11.7. The molecule has 0 atom stereocenters. The summed E-state index contributed by atoms with van der Waals surface area (Å²) >= 11 is 10.9. The molecule has 1 fully saturated rings. The Bertz CT molecular complexity index is 292. The molecule has 0 unspecified atom stereocenters. The second-order valence-electron chi connectivity index (χ2n) is 4.21. The van der Waals surface area contributed by atoms with E-state index in [-0.39, 0.29) is 17.9 Å². The number of hydrogen-bond donors (Lipinski definition) is 1. The Kier molecular flexibility index (Phi) is 6.75. The van der Waals surface area contributed by atoms with Crippen LogP contribution in [0.4, 0.5) is 0 Å². The highest BCUT2D eigenvalue weighted by molar-refractivity contribution is 6.53. The second kappa shape index (κ2) is 7.81. The Labute approximate surface area is 117 Å². The third kappa shape index (κ3) is 5.00. The minimum Gasteiger partial charge on any atom is -0.384 e. The van der Waals surface area contributed by atoms with Gasteiger partial charge in [-0.05, 0) is 12.8 Å². The smallest absolute Gasteiger partial charge is 0.253 e. The molecule has 0 bridgehead atoms. The zero-order valence-corrected chi connectivity index (χ0v) is 11.8. The van der Waals surface area contributed by atoms with Gasteiger partial charge < -0.3 is 15.0 Å². The minimum absolute atomic E-state index is 0.0453. The molecule has 1 aliphatic heterocycles. The molecule has 0 aromatic rings. The lowest BCUT2D eigenvalue weighted by molar-refractivity contribution is -0.133. The first kappa shape index (κ1) is 15.5. The van der Waals surface area contributed by atoms with Gasteiger partial charge in [0, 0.05) is 26.2 Å². The average Bonchev–Trinajstić information content (AvgIpc) is 2.36. The van der Waals surface area contributed by atoms with Crippen LogP contribution in [0.5, 0.6) is 0 Å². The molecule has 0 saturated carbocycles. The molecule has 0 aliphatic carbocycles. The van der Waals surface area contributed by atoms with Crippen molar-refractivity contribution in [1.82, 2.24) is 10.2 Å². The van der Waals surface area contributed by atoms with E-state index in [0.29, 0.717) is 26.1 Å². The van der Waals surface area contributed by atoms with E-state index in [1.807, 2.05) is 0 Å². The fraction of sp³-hybridized carbons (Fsp3) is 0.818. The van der Waals surface area contributed by atoms with Gasteiger partial charge in [0.2, 0.25) is 5.91 Å². The molecule has 1 aliphatic rings. The van der Waals surface area contributed by atoms with Crippen molar-refractivity contribution >= 4 is 35.0 Å². The van der Waals surface area contributed by atoms with Crippen molar-refractivity contribution in [3.8, 4) is 0 Å². The van der Waals surface area contributed by atoms with Gasteiger partial charge in [0.25, 0.3) is 5.91 Å². The van der Waals surface area contributed by atoms with E-state index in [0.717, 1.165) is 12.8 Å². The molecule has 7 heteroatoms. The number of nitrogens with zero attached hydrogens (tertiary/aromatic N) is 1. The summed E-state index contributed by atoms with van der Waals surface area (Å²) in [7, 11) is 1.57. The number of amides is 2. The summed E-state index contributed by atoms with van der Waals surface area (Å²) in [5.74, 6) is -0.281. The molecule has 18 heavy (non-hydrogen) atoms. The second-order valence-corrected chi connectivity index (χ2v) is 5.30. The number of rotatable bonds is 5. The topological polar surface area (TPSA) is 58.6 Å². The number of carbonyl (C=O) groups is 2. The number of piperidine rings is 1. The van der Waals surface area contributed by atoms with Crippen molar-refractivity contribution in [3.05, 3.63) is 0 Å². The van der Waals surface area contributed by atoms with Crippen LogP contribution in [0.1, 0.15) is 19.3 Å². The van der Waals surface area contributed by atoms with Crippen LogP contribution >= 0.6 is 23.2 Å². The lowest BCUT2D eigenvalue weighted by Crippen LogP contribution is -2.47. The van der Waals surface area contributed by atoms with Gasteiger partial charge >= 0.3 is 0 Å². The summed E-state index contributed by atoms with van der Waals surface area (Å²) < 4.78 is 4.87. The fourth-order valence-corrected chi connectivity index (χ4v) is 2.01. The lowest BCUT2D eigenvalue weighted by atomic mass is 10.0. The summed E-state index contributed by atoms with van der Waals surface area (Å²) in [6.07, 6.45) is 1.86. The molecule has 1 N–H and O–H groups in total. The van der Waals surface area contributed by atoms with Gasteiger partial charge in [0.1, 0.15) is 0 Å².